The van der Waals surface area contributed by atoms with Crippen LogP contribution in [0.2, 0.25) is 0 Å². The van der Waals surface area contributed by atoms with Crippen LogP contribution in [0.25, 0.3) is 0 Å². The summed E-state index contributed by atoms with van der Waals surface area (Å²) in [7, 11) is 1.72. The third kappa shape index (κ3) is 3.72. The van der Waals surface area contributed by atoms with Crippen molar-refractivity contribution in [2.24, 2.45) is 0 Å². The van der Waals surface area contributed by atoms with Crippen molar-refractivity contribution < 1.29 is 14.3 Å². The number of nitrogens with zero attached hydrogens (tertiary/aromatic N) is 7. The molecule has 2 atom stereocenters. The fourth-order valence-electron chi connectivity index (χ4n) is 6.33. The first kappa shape index (κ1) is 24.3. The highest BCUT2D eigenvalue weighted by Gasteiger charge is 2.61. The van der Waals surface area contributed by atoms with E-state index in [9.17, 15) is 9.59 Å². The molecule has 2 aromatic carbocycles. The first-order valence-corrected chi connectivity index (χ1v) is 13.4. The molecule has 1 saturated heterocycles. The molecule has 11 heteroatoms. The highest BCUT2D eigenvalue weighted by atomic mass is 16.5. The number of para-hydroxylation sites is 1. The highest BCUT2D eigenvalue weighted by Crippen LogP contribution is 2.57. The number of aromatic nitrogens is 5. The van der Waals surface area contributed by atoms with Gasteiger partial charge in [0, 0.05) is 44.6 Å². The maximum atomic E-state index is 14.7. The summed E-state index contributed by atoms with van der Waals surface area (Å²) in [6, 6.07) is 15.1. The minimum Gasteiger partial charge on any atom is -0.494 e. The Balaban J connectivity index is 1.40. The lowest BCUT2D eigenvalue weighted by Crippen LogP contribution is -2.45. The quantitative estimate of drug-likeness (QED) is 0.416. The van der Waals surface area contributed by atoms with Crippen LogP contribution in [0, 0.1) is 0 Å². The van der Waals surface area contributed by atoms with Gasteiger partial charge in [-0.2, -0.15) is 0 Å². The van der Waals surface area contributed by atoms with E-state index in [2.05, 4.69) is 25.6 Å². The van der Waals surface area contributed by atoms with E-state index in [4.69, 9.17) is 4.74 Å². The van der Waals surface area contributed by atoms with Crippen LogP contribution >= 0.6 is 0 Å². The lowest BCUT2D eigenvalue weighted by Gasteiger charge is -2.35. The minimum absolute atomic E-state index is 0.0495. The number of aryl methyl sites for hydroxylation is 1. The number of carbonyl (C=O) groups excluding carboxylic acids is 2. The minimum atomic E-state index is -0.979. The molecular weight excluding hydrogens is 508 g/mol. The summed E-state index contributed by atoms with van der Waals surface area (Å²) in [6.45, 7) is 1.85. The van der Waals surface area contributed by atoms with Crippen LogP contribution < -0.4 is 15.0 Å². The molecule has 0 saturated carbocycles. The first-order chi connectivity index (χ1) is 19.6. The Morgan fingerprint density at radius 3 is 2.80 bits per heavy atom. The van der Waals surface area contributed by atoms with Crippen molar-refractivity contribution in [1.82, 2.24) is 29.9 Å². The van der Waals surface area contributed by atoms with Gasteiger partial charge < -0.3 is 19.9 Å². The number of nitrogens with one attached hydrogen (secondary N) is 1. The first-order valence-electron chi connectivity index (χ1n) is 13.4. The number of anilines is 2. The Bertz CT molecular complexity index is 1600. The van der Waals surface area contributed by atoms with Gasteiger partial charge in [-0.3, -0.25) is 14.3 Å². The molecule has 2 amide bonds. The van der Waals surface area contributed by atoms with E-state index in [-0.39, 0.29) is 11.8 Å². The molecule has 1 N–H and O–H groups in total. The van der Waals surface area contributed by atoms with E-state index >= 15 is 0 Å². The number of rotatable bonds is 2. The van der Waals surface area contributed by atoms with Crippen molar-refractivity contribution in [2.75, 3.05) is 30.4 Å². The Kier molecular flexibility index (Phi) is 5.72. The zero-order valence-electron chi connectivity index (χ0n) is 22.0. The third-order valence-corrected chi connectivity index (χ3v) is 8.09. The maximum Gasteiger partial charge on any atom is 0.257 e. The van der Waals surface area contributed by atoms with Crippen molar-refractivity contribution in [2.45, 2.75) is 37.4 Å². The van der Waals surface area contributed by atoms with E-state index in [1.54, 1.807) is 21.5 Å². The van der Waals surface area contributed by atoms with Gasteiger partial charge >= 0.3 is 0 Å². The number of benzene rings is 2. The van der Waals surface area contributed by atoms with Crippen molar-refractivity contribution in [1.29, 1.82) is 0 Å². The summed E-state index contributed by atoms with van der Waals surface area (Å²) >= 11 is 0. The maximum absolute atomic E-state index is 14.7. The van der Waals surface area contributed by atoms with Gasteiger partial charge in [0.1, 0.15) is 16.9 Å². The van der Waals surface area contributed by atoms with Gasteiger partial charge in [0.15, 0.2) is 0 Å². The molecule has 202 valence electrons. The van der Waals surface area contributed by atoms with Crippen LogP contribution in [-0.2, 0) is 23.3 Å². The van der Waals surface area contributed by atoms with Crippen molar-refractivity contribution in [3.8, 4) is 5.75 Å². The molecule has 1 fully saturated rings. The van der Waals surface area contributed by atoms with Crippen LogP contribution in [0.3, 0.4) is 0 Å². The van der Waals surface area contributed by atoms with Crippen LogP contribution in [0.1, 0.15) is 46.1 Å². The van der Waals surface area contributed by atoms with Crippen molar-refractivity contribution in [3.63, 3.8) is 0 Å². The lowest BCUT2D eigenvalue weighted by molar-refractivity contribution is -0.124. The molecule has 1 spiro atoms. The second-order valence-electron chi connectivity index (χ2n) is 10.3. The monoisotopic (exact) mass is 536 g/mol. The molecule has 0 radical (unpaired) electrons. The zero-order chi connectivity index (χ0) is 27.3. The molecule has 3 aliphatic heterocycles. The molecule has 3 aliphatic rings. The summed E-state index contributed by atoms with van der Waals surface area (Å²) in [5.41, 5.74) is 2.69. The van der Waals surface area contributed by atoms with Crippen molar-refractivity contribution in [3.05, 3.63) is 89.5 Å². The largest absolute Gasteiger partial charge is 0.494 e. The Morgan fingerprint density at radius 1 is 1.10 bits per heavy atom. The molecule has 7 rings (SSSR count). The van der Waals surface area contributed by atoms with E-state index in [0.29, 0.717) is 55.6 Å². The van der Waals surface area contributed by atoms with Gasteiger partial charge in [-0.1, -0.05) is 35.5 Å². The van der Waals surface area contributed by atoms with Gasteiger partial charge in [-0.05, 0) is 35.7 Å². The molecule has 5 heterocycles. The fourth-order valence-corrected chi connectivity index (χ4v) is 6.33. The Hall–Kier alpha value is -4.80. The number of ether oxygens (including phenoxy) is 1. The summed E-state index contributed by atoms with van der Waals surface area (Å²) < 4.78 is 7.90. The molecule has 11 nitrogen and oxygen atoms in total. The van der Waals surface area contributed by atoms with Crippen LogP contribution in [0.5, 0.6) is 5.75 Å². The molecule has 40 heavy (non-hydrogen) atoms. The smallest absolute Gasteiger partial charge is 0.257 e. The number of hydrogen-bond acceptors (Lipinski definition) is 8. The second kappa shape index (κ2) is 9.44. The Labute approximate surface area is 230 Å². The molecule has 0 aliphatic carbocycles. The number of amides is 2. The van der Waals surface area contributed by atoms with Gasteiger partial charge in [-0.15, -0.1) is 5.10 Å². The average molecular weight is 537 g/mol. The SMILES string of the molecule is CNc1ncc(C(=O)N2CC[C@]34C(=O)N(Cc5cn(nn5)CCCOc5cccc(c5)[C@H]23)c2ccccc24)cn1. The summed E-state index contributed by atoms with van der Waals surface area (Å²) in [6.07, 6.45) is 6.16. The van der Waals surface area contributed by atoms with E-state index in [0.717, 1.165) is 23.2 Å². The predicted molar refractivity (Wildman–Crippen MR) is 146 cm³/mol. The van der Waals surface area contributed by atoms with Gasteiger partial charge in [0.05, 0.1) is 31.0 Å². The number of fused-ring (bicyclic) bond motifs is 8. The highest BCUT2D eigenvalue weighted by molar-refractivity contribution is 6.10. The Morgan fingerprint density at radius 2 is 1.95 bits per heavy atom. The number of carbonyl (C=O) groups is 2. The lowest BCUT2D eigenvalue weighted by atomic mass is 9.72. The second-order valence-corrected chi connectivity index (χ2v) is 10.3. The van der Waals surface area contributed by atoms with E-state index in [1.165, 1.54) is 12.4 Å². The summed E-state index contributed by atoms with van der Waals surface area (Å²) in [4.78, 5) is 40.8. The molecule has 2 aromatic heterocycles. The zero-order valence-corrected chi connectivity index (χ0v) is 22.0. The van der Waals surface area contributed by atoms with E-state index < -0.39 is 11.5 Å². The van der Waals surface area contributed by atoms with Crippen molar-refractivity contribution >= 4 is 23.5 Å². The van der Waals surface area contributed by atoms with Crippen LogP contribution in [0.4, 0.5) is 11.6 Å². The van der Waals surface area contributed by atoms with Crippen LogP contribution in [-0.4, -0.2) is 61.9 Å². The number of likely N-dealkylation sites (tertiary alicyclic amines) is 1. The summed E-state index contributed by atoms with van der Waals surface area (Å²) in [5.74, 6) is 0.853. The fraction of sp³-hybridized carbons (Fsp3) is 0.310. The van der Waals surface area contributed by atoms with Gasteiger partial charge in [0.25, 0.3) is 5.91 Å². The normalized spacial score (nSPS) is 21.6. The molecule has 6 bridgehead atoms. The van der Waals surface area contributed by atoms with Gasteiger partial charge in [0.2, 0.25) is 11.9 Å². The van der Waals surface area contributed by atoms with Gasteiger partial charge in [-0.25, -0.2) is 9.97 Å². The third-order valence-electron chi connectivity index (χ3n) is 8.09. The average Bonchev–Trinajstić information content (AvgIpc) is 3.68. The summed E-state index contributed by atoms with van der Waals surface area (Å²) in [5, 5.41) is 11.5. The standard InChI is InChI=1S/C29H28N8O3/c1-30-28-31-15-20(16-32-28)26(38)36-12-10-29-23-8-2-3-9-24(23)37(27(29)39)18-21-17-35(34-33-21)11-5-13-40-22-7-4-6-19(14-22)25(29)36/h2-4,6-9,14-17,25H,5,10-13,18H2,1H3,(H,30,31,32)/t25-,29+/m0/s1. The molecule has 4 aromatic rings. The number of hydrogen-bond donors (Lipinski definition) is 1. The topological polar surface area (TPSA) is 118 Å². The van der Waals surface area contributed by atoms with Crippen LogP contribution in [0.15, 0.2) is 67.1 Å². The van der Waals surface area contributed by atoms with E-state index in [1.807, 2.05) is 54.7 Å². The molecular formula is C29H28N8O3. The predicted octanol–water partition coefficient (Wildman–Crippen LogP) is 2.96. The molecule has 0 unspecified atom stereocenters.